The molecule has 3 aromatic rings. The molecule has 3 aromatic carbocycles. The van der Waals surface area contributed by atoms with Gasteiger partial charge in [-0.1, -0.05) is 29.8 Å². The van der Waals surface area contributed by atoms with Crippen molar-refractivity contribution < 1.29 is 17.9 Å². The normalized spacial score (nSPS) is 11.7. The number of rotatable bonds is 8. The van der Waals surface area contributed by atoms with Crippen LogP contribution in [0.3, 0.4) is 0 Å². The lowest BCUT2D eigenvalue weighted by Crippen LogP contribution is -2.20. The first-order valence-electron chi connectivity index (χ1n) is 9.62. The number of hydrazone groups is 1. The van der Waals surface area contributed by atoms with E-state index >= 15 is 0 Å². The number of amides is 1. The highest BCUT2D eigenvalue weighted by Gasteiger charge is 2.16. The molecule has 166 valence electrons. The molecule has 0 heterocycles. The molecule has 0 aliphatic carbocycles. The van der Waals surface area contributed by atoms with Crippen LogP contribution in [0.5, 0.6) is 5.75 Å². The van der Waals surface area contributed by atoms with Crippen LogP contribution in [0.1, 0.15) is 22.8 Å². The van der Waals surface area contributed by atoms with Gasteiger partial charge in [0.2, 0.25) is 0 Å². The average molecular weight is 472 g/mol. The van der Waals surface area contributed by atoms with Crippen LogP contribution in [0.2, 0.25) is 5.02 Å². The molecule has 3 rings (SSSR count). The Bertz CT molecular complexity index is 1220. The van der Waals surface area contributed by atoms with E-state index in [0.717, 1.165) is 11.3 Å². The SMILES string of the molecule is COc1ccc(C/C(C)=N\NC(=O)c2cccc(S(=O)(=O)Nc3ccc(Cl)cc3)c2)cc1. The second-order valence-corrected chi connectivity index (χ2v) is 9.07. The third-order valence-electron chi connectivity index (χ3n) is 4.47. The number of nitrogens with zero attached hydrogens (tertiary/aromatic N) is 1. The molecule has 0 fully saturated rings. The van der Waals surface area contributed by atoms with E-state index < -0.39 is 15.9 Å². The fraction of sp³-hybridized carbons (Fsp3) is 0.130. The monoisotopic (exact) mass is 471 g/mol. The Balaban J connectivity index is 1.67. The van der Waals surface area contributed by atoms with Crippen LogP contribution in [0.15, 0.2) is 82.8 Å². The van der Waals surface area contributed by atoms with E-state index in [1.807, 2.05) is 24.3 Å². The Morgan fingerprint density at radius 3 is 2.38 bits per heavy atom. The van der Waals surface area contributed by atoms with Crippen molar-refractivity contribution >= 4 is 38.9 Å². The summed E-state index contributed by atoms with van der Waals surface area (Å²) < 4.78 is 32.9. The van der Waals surface area contributed by atoms with Gasteiger partial charge in [0, 0.05) is 28.4 Å². The van der Waals surface area contributed by atoms with Gasteiger partial charge in [-0.3, -0.25) is 9.52 Å². The summed E-state index contributed by atoms with van der Waals surface area (Å²) >= 11 is 5.83. The van der Waals surface area contributed by atoms with Crippen molar-refractivity contribution in [2.24, 2.45) is 5.10 Å². The first-order valence-corrected chi connectivity index (χ1v) is 11.5. The first kappa shape index (κ1) is 23.3. The highest BCUT2D eigenvalue weighted by Crippen LogP contribution is 2.19. The van der Waals surface area contributed by atoms with Crippen molar-refractivity contribution in [3.8, 4) is 5.75 Å². The molecule has 0 aliphatic heterocycles. The minimum Gasteiger partial charge on any atom is -0.497 e. The van der Waals surface area contributed by atoms with E-state index in [2.05, 4.69) is 15.2 Å². The largest absolute Gasteiger partial charge is 0.497 e. The summed E-state index contributed by atoms with van der Waals surface area (Å²) in [6, 6.07) is 19.5. The second kappa shape index (κ2) is 10.3. The van der Waals surface area contributed by atoms with Gasteiger partial charge >= 0.3 is 0 Å². The minimum absolute atomic E-state index is 0.0426. The number of ether oxygens (including phenoxy) is 1. The molecule has 0 aliphatic rings. The molecular weight excluding hydrogens is 450 g/mol. The van der Waals surface area contributed by atoms with Gasteiger partial charge in [0.05, 0.1) is 12.0 Å². The van der Waals surface area contributed by atoms with E-state index in [9.17, 15) is 13.2 Å². The summed E-state index contributed by atoms with van der Waals surface area (Å²) in [5, 5.41) is 4.61. The Morgan fingerprint density at radius 1 is 1.03 bits per heavy atom. The van der Waals surface area contributed by atoms with E-state index in [1.165, 1.54) is 24.3 Å². The number of benzene rings is 3. The van der Waals surface area contributed by atoms with Crippen molar-refractivity contribution in [1.29, 1.82) is 0 Å². The van der Waals surface area contributed by atoms with E-state index in [4.69, 9.17) is 16.3 Å². The number of carbonyl (C=O) groups is 1. The summed E-state index contributed by atoms with van der Waals surface area (Å²) in [6.45, 7) is 1.79. The van der Waals surface area contributed by atoms with Crippen LogP contribution < -0.4 is 14.9 Å². The number of sulfonamides is 1. The number of halogens is 1. The van der Waals surface area contributed by atoms with Crippen LogP contribution >= 0.6 is 11.6 Å². The number of hydrogen-bond donors (Lipinski definition) is 2. The predicted molar refractivity (Wildman–Crippen MR) is 126 cm³/mol. The molecule has 2 N–H and O–H groups in total. The molecule has 0 saturated heterocycles. The standard InChI is InChI=1S/C23H22ClN3O4S/c1-16(14-17-6-12-21(31-2)13-7-17)25-26-23(28)18-4-3-5-22(15-18)32(29,30)27-20-10-8-19(24)9-11-20/h3-13,15,27H,14H2,1-2H3,(H,26,28)/b25-16-. The van der Waals surface area contributed by atoms with Gasteiger partial charge in [-0.2, -0.15) is 5.10 Å². The highest BCUT2D eigenvalue weighted by molar-refractivity contribution is 7.92. The number of methoxy groups -OCH3 is 1. The quantitative estimate of drug-likeness (QED) is 0.373. The molecule has 0 saturated carbocycles. The first-order chi connectivity index (χ1) is 15.3. The fourth-order valence-electron chi connectivity index (χ4n) is 2.83. The van der Waals surface area contributed by atoms with Gasteiger partial charge in [-0.15, -0.1) is 0 Å². The lowest BCUT2D eigenvalue weighted by Gasteiger charge is -2.09. The Hall–Kier alpha value is -3.36. The molecule has 0 aromatic heterocycles. The average Bonchev–Trinajstić information content (AvgIpc) is 2.79. The molecule has 0 bridgehead atoms. The zero-order valence-electron chi connectivity index (χ0n) is 17.5. The molecule has 1 amide bonds. The van der Waals surface area contributed by atoms with Crippen molar-refractivity contribution in [2.45, 2.75) is 18.2 Å². The molecule has 0 spiro atoms. The van der Waals surface area contributed by atoms with Crippen LogP contribution in [0, 0.1) is 0 Å². The molecule has 9 heteroatoms. The van der Waals surface area contributed by atoms with Crippen molar-refractivity contribution in [1.82, 2.24) is 5.43 Å². The molecule has 0 atom stereocenters. The number of nitrogens with one attached hydrogen (secondary N) is 2. The van der Waals surface area contributed by atoms with Gasteiger partial charge in [0.1, 0.15) is 5.75 Å². The van der Waals surface area contributed by atoms with Crippen molar-refractivity contribution in [3.05, 3.63) is 88.9 Å². The molecule has 0 radical (unpaired) electrons. The third kappa shape index (κ3) is 6.32. The molecule has 0 unspecified atom stereocenters. The van der Waals surface area contributed by atoms with Crippen LogP contribution in [-0.4, -0.2) is 27.1 Å². The zero-order chi connectivity index (χ0) is 23.1. The summed E-state index contributed by atoms with van der Waals surface area (Å²) in [6.07, 6.45) is 0.545. The van der Waals surface area contributed by atoms with E-state index in [0.29, 0.717) is 22.8 Å². The fourth-order valence-corrected chi connectivity index (χ4v) is 4.06. The van der Waals surface area contributed by atoms with Crippen molar-refractivity contribution in [3.63, 3.8) is 0 Å². The van der Waals surface area contributed by atoms with E-state index in [-0.39, 0.29) is 10.5 Å². The molecule has 32 heavy (non-hydrogen) atoms. The summed E-state index contributed by atoms with van der Waals surface area (Å²) in [5.41, 5.74) is 4.71. The van der Waals surface area contributed by atoms with Crippen molar-refractivity contribution in [2.75, 3.05) is 11.8 Å². The van der Waals surface area contributed by atoms with Crippen LogP contribution in [0.4, 0.5) is 5.69 Å². The van der Waals surface area contributed by atoms with Gasteiger partial charge < -0.3 is 4.74 Å². The molecule has 7 nitrogen and oxygen atoms in total. The van der Waals surface area contributed by atoms with Crippen LogP contribution in [-0.2, 0) is 16.4 Å². The predicted octanol–water partition coefficient (Wildman–Crippen LogP) is 4.50. The van der Waals surface area contributed by atoms with Gasteiger partial charge in [0.25, 0.3) is 15.9 Å². The Labute approximate surface area is 192 Å². The van der Waals surface area contributed by atoms with Gasteiger partial charge in [-0.05, 0) is 67.1 Å². The van der Waals surface area contributed by atoms with Crippen LogP contribution in [0.25, 0.3) is 0 Å². The Morgan fingerprint density at radius 2 is 1.72 bits per heavy atom. The van der Waals surface area contributed by atoms with E-state index in [1.54, 1.807) is 38.3 Å². The zero-order valence-corrected chi connectivity index (χ0v) is 19.1. The maximum Gasteiger partial charge on any atom is 0.271 e. The summed E-state index contributed by atoms with van der Waals surface area (Å²) in [4.78, 5) is 12.5. The summed E-state index contributed by atoms with van der Waals surface area (Å²) in [7, 11) is -2.28. The number of anilines is 1. The topological polar surface area (TPSA) is 96.9 Å². The maximum absolute atomic E-state index is 12.7. The lowest BCUT2D eigenvalue weighted by atomic mass is 10.1. The third-order valence-corrected chi connectivity index (χ3v) is 6.10. The number of carbonyl (C=O) groups excluding carboxylic acids is 1. The molecular formula is C23H22ClN3O4S. The highest BCUT2D eigenvalue weighted by atomic mass is 35.5. The maximum atomic E-state index is 12.7. The summed E-state index contributed by atoms with van der Waals surface area (Å²) in [5.74, 6) is 0.250. The smallest absolute Gasteiger partial charge is 0.271 e. The van der Waals surface area contributed by atoms with Gasteiger partial charge in [0.15, 0.2) is 0 Å². The lowest BCUT2D eigenvalue weighted by molar-refractivity contribution is 0.0954. The minimum atomic E-state index is -3.88. The number of hydrogen-bond acceptors (Lipinski definition) is 5. The van der Waals surface area contributed by atoms with Gasteiger partial charge in [-0.25, -0.2) is 13.8 Å². The second-order valence-electron chi connectivity index (χ2n) is 6.95. The Kier molecular flexibility index (Phi) is 7.50.